The van der Waals surface area contributed by atoms with E-state index >= 15 is 0 Å². The van der Waals surface area contributed by atoms with Crippen molar-refractivity contribution in [3.8, 4) is 17.2 Å². The summed E-state index contributed by atoms with van der Waals surface area (Å²) in [6, 6.07) is 12.0. The molecule has 3 N–H and O–H groups in total. The summed E-state index contributed by atoms with van der Waals surface area (Å²) in [5.74, 6) is 0.961. The molecule has 0 unspecified atom stereocenters. The lowest BCUT2D eigenvalue weighted by Crippen LogP contribution is -2.24. The molecule has 0 aromatic heterocycles. The van der Waals surface area contributed by atoms with Gasteiger partial charge in [0.05, 0.1) is 0 Å². The number of aromatic hydroxyl groups is 3. The first-order valence-electron chi connectivity index (χ1n) is 21.3. The molecule has 3 heteroatoms. The molecule has 0 saturated heterocycles. The number of phenolic OH excluding ortho intramolecular Hbond substituents is 3. The summed E-state index contributed by atoms with van der Waals surface area (Å²) in [7, 11) is 0. The average molecular weight is 775 g/mol. The Morgan fingerprint density at radius 1 is 0.281 bits per heavy atom. The Kier molecular flexibility index (Phi) is 12.2. The van der Waals surface area contributed by atoms with Gasteiger partial charge in [-0.1, -0.05) is 125 Å². The Labute approximate surface area is 348 Å². The predicted molar refractivity (Wildman–Crippen MR) is 246 cm³/mol. The highest BCUT2D eigenvalue weighted by Crippen LogP contribution is 2.45. The Morgan fingerprint density at radius 2 is 0.421 bits per heavy atom. The highest BCUT2D eigenvalue weighted by Gasteiger charge is 2.33. The van der Waals surface area contributed by atoms with Crippen molar-refractivity contribution in [3.05, 3.63) is 120 Å². The maximum atomic E-state index is 11.1. The molecular weight excluding hydrogens is 697 g/mol. The molecule has 0 amide bonds. The van der Waals surface area contributed by atoms with E-state index in [9.17, 15) is 15.3 Å². The summed E-state index contributed by atoms with van der Waals surface area (Å²) < 4.78 is 0. The maximum Gasteiger partial charge on any atom is 0.116 e. The van der Waals surface area contributed by atoms with Crippen LogP contribution in [0.2, 0.25) is 0 Å². The van der Waals surface area contributed by atoms with Gasteiger partial charge >= 0.3 is 0 Å². The fourth-order valence-electron chi connectivity index (χ4n) is 9.27. The van der Waals surface area contributed by atoms with Crippen LogP contribution in [0.1, 0.15) is 208 Å². The number of phenols is 3. The zero-order valence-electron chi connectivity index (χ0n) is 39.9. The third-order valence-corrected chi connectivity index (χ3v) is 12.3. The molecule has 0 aliphatic carbocycles. The fraction of sp³-hybridized carbons (Fsp3) is 0.556. The van der Waals surface area contributed by atoms with Crippen molar-refractivity contribution in [2.45, 2.75) is 197 Å². The van der Waals surface area contributed by atoms with E-state index in [2.05, 4.69) is 145 Å². The SMILES string of the molecule is Cc1c(Cc2c(C(C)(C)C)cc(O)cc2C(C)(C)C)c(C)c(Cc2c(C(C)(C)C)cc(O)cc2C(C)(C)C)c(C)c1Cc1c(C(C)(C)C)cc(O)cc1C(C)(C)C. The molecule has 0 aliphatic rings. The summed E-state index contributed by atoms with van der Waals surface area (Å²) in [4.78, 5) is 0. The van der Waals surface area contributed by atoms with Crippen LogP contribution in [0.15, 0.2) is 36.4 Å². The number of hydrogen-bond donors (Lipinski definition) is 3. The molecule has 0 fully saturated rings. The molecule has 0 spiro atoms. The van der Waals surface area contributed by atoms with Crippen molar-refractivity contribution >= 4 is 0 Å². The fourth-order valence-corrected chi connectivity index (χ4v) is 9.27. The molecule has 0 saturated carbocycles. The lowest BCUT2D eigenvalue weighted by atomic mass is 9.71. The number of rotatable bonds is 6. The minimum absolute atomic E-state index is 0.184. The second-order valence-electron chi connectivity index (χ2n) is 23.4. The summed E-state index contributed by atoms with van der Waals surface area (Å²) in [6.45, 7) is 47.6. The molecule has 0 atom stereocenters. The van der Waals surface area contributed by atoms with Gasteiger partial charge in [0.1, 0.15) is 17.2 Å². The van der Waals surface area contributed by atoms with Gasteiger partial charge < -0.3 is 15.3 Å². The van der Waals surface area contributed by atoms with E-state index in [0.29, 0.717) is 17.2 Å². The first kappa shape index (κ1) is 46.0. The van der Waals surface area contributed by atoms with Crippen LogP contribution in [-0.2, 0) is 51.8 Å². The molecule has 4 aromatic rings. The predicted octanol–water partition coefficient (Wildman–Crippen LogP) is 14.3. The van der Waals surface area contributed by atoms with Crippen LogP contribution in [0.5, 0.6) is 17.2 Å². The molecule has 312 valence electrons. The van der Waals surface area contributed by atoms with Crippen molar-refractivity contribution in [1.29, 1.82) is 0 Å². The van der Waals surface area contributed by atoms with Gasteiger partial charge in [-0.15, -0.1) is 0 Å². The number of hydrogen-bond acceptors (Lipinski definition) is 3. The Morgan fingerprint density at radius 3 is 0.544 bits per heavy atom. The van der Waals surface area contributed by atoms with E-state index in [1.807, 2.05) is 36.4 Å². The van der Waals surface area contributed by atoms with Gasteiger partial charge in [-0.25, -0.2) is 0 Å². The summed E-state index contributed by atoms with van der Waals surface area (Å²) >= 11 is 0. The topological polar surface area (TPSA) is 60.7 Å². The van der Waals surface area contributed by atoms with Crippen molar-refractivity contribution in [3.63, 3.8) is 0 Å². The maximum absolute atomic E-state index is 11.1. The monoisotopic (exact) mass is 775 g/mol. The van der Waals surface area contributed by atoms with Gasteiger partial charge in [0.25, 0.3) is 0 Å². The van der Waals surface area contributed by atoms with E-state index in [4.69, 9.17) is 0 Å². The van der Waals surface area contributed by atoms with Crippen LogP contribution < -0.4 is 0 Å². The van der Waals surface area contributed by atoms with Gasteiger partial charge in [-0.05, 0) is 192 Å². The lowest BCUT2D eigenvalue weighted by Gasteiger charge is -2.34. The third kappa shape index (κ3) is 9.77. The standard InChI is InChI=1S/C54H78O3/c1-31-37(28-40-43(49(4,5)6)22-34(55)23-44(40)50(7,8)9)32(2)39(30-42-47(53(16,17)18)26-36(57)27-48(42)54(19,20)21)33(3)38(31)29-41-45(51(10,11)12)24-35(56)25-46(41)52(13,14)15/h22-27,55-57H,28-30H2,1-21H3. The average Bonchev–Trinajstić information content (AvgIpc) is 3.01. The Hall–Kier alpha value is -3.72. The Bertz CT molecular complexity index is 1780. The highest BCUT2D eigenvalue weighted by molar-refractivity contribution is 5.61. The zero-order valence-corrected chi connectivity index (χ0v) is 39.9. The first-order chi connectivity index (χ1) is 25.5. The van der Waals surface area contributed by atoms with Crippen LogP contribution in [0.4, 0.5) is 0 Å². The third-order valence-electron chi connectivity index (χ3n) is 12.3. The van der Waals surface area contributed by atoms with E-state index in [1.54, 1.807) is 0 Å². The summed E-state index contributed by atoms with van der Waals surface area (Å²) in [5.41, 5.74) is 17.8. The van der Waals surface area contributed by atoms with Crippen LogP contribution in [0, 0.1) is 20.8 Å². The smallest absolute Gasteiger partial charge is 0.116 e. The van der Waals surface area contributed by atoms with Crippen LogP contribution in [0.3, 0.4) is 0 Å². The van der Waals surface area contributed by atoms with Gasteiger partial charge in [0.15, 0.2) is 0 Å². The molecular formula is C54H78O3. The second-order valence-corrected chi connectivity index (χ2v) is 23.4. The van der Waals surface area contributed by atoms with Crippen molar-refractivity contribution in [1.82, 2.24) is 0 Å². The van der Waals surface area contributed by atoms with Crippen LogP contribution >= 0.6 is 0 Å². The quantitative estimate of drug-likeness (QED) is 0.183. The van der Waals surface area contributed by atoms with E-state index < -0.39 is 0 Å². The molecule has 0 bridgehead atoms. The molecule has 57 heavy (non-hydrogen) atoms. The first-order valence-corrected chi connectivity index (χ1v) is 21.3. The minimum atomic E-state index is -0.184. The van der Waals surface area contributed by atoms with Gasteiger partial charge in [0, 0.05) is 0 Å². The molecule has 4 aromatic carbocycles. The van der Waals surface area contributed by atoms with Gasteiger partial charge in [0.2, 0.25) is 0 Å². The highest BCUT2D eigenvalue weighted by atomic mass is 16.3. The molecule has 0 heterocycles. The molecule has 0 radical (unpaired) electrons. The Balaban J connectivity index is 2.24. The van der Waals surface area contributed by atoms with Crippen LogP contribution in [0.25, 0.3) is 0 Å². The molecule has 4 rings (SSSR count). The van der Waals surface area contributed by atoms with E-state index in [-0.39, 0.29) is 32.5 Å². The van der Waals surface area contributed by atoms with Crippen LogP contribution in [-0.4, -0.2) is 15.3 Å². The molecule has 3 nitrogen and oxygen atoms in total. The number of benzene rings is 4. The zero-order chi connectivity index (χ0) is 43.8. The van der Waals surface area contributed by atoms with Crippen molar-refractivity contribution in [2.75, 3.05) is 0 Å². The second kappa shape index (κ2) is 15.1. The summed E-state index contributed by atoms with van der Waals surface area (Å²) in [5, 5.41) is 33.4. The van der Waals surface area contributed by atoms with Crippen molar-refractivity contribution < 1.29 is 15.3 Å². The minimum Gasteiger partial charge on any atom is -0.508 e. The summed E-state index contributed by atoms with van der Waals surface area (Å²) in [6.07, 6.45) is 2.25. The van der Waals surface area contributed by atoms with Crippen molar-refractivity contribution in [2.24, 2.45) is 0 Å². The van der Waals surface area contributed by atoms with Gasteiger partial charge in [-0.2, -0.15) is 0 Å². The lowest BCUT2D eigenvalue weighted by molar-refractivity contribution is 0.464. The van der Waals surface area contributed by atoms with E-state index in [0.717, 1.165) is 19.3 Å². The van der Waals surface area contributed by atoms with Gasteiger partial charge in [-0.3, -0.25) is 0 Å². The van der Waals surface area contributed by atoms with E-state index in [1.165, 1.54) is 83.5 Å². The largest absolute Gasteiger partial charge is 0.508 e. The normalized spacial score (nSPS) is 13.4. The molecule has 0 aliphatic heterocycles.